The summed E-state index contributed by atoms with van der Waals surface area (Å²) >= 11 is 0. The molecule has 152 valence electrons. The van der Waals surface area contributed by atoms with Gasteiger partial charge in [-0.05, 0) is 18.2 Å². The van der Waals surface area contributed by atoms with Crippen molar-refractivity contribution < 1.29 is 19.3 Å². The van der Waals surface area contributed by atoms with E-state index in [1.807, 2.05) is 6.07 Å². The minimum Gasteiger partial charge on any atom is -0.493 e. The lowest BCUT2D eigenvalue weighted by molar-refractivity contribution is 0.186. The van der Waals surface area contributed by atoms with E-state index in [9.17, 15) is 5.11 Å². The molecule has 0 saturated carbocycles. The molecule has 3 rings (SSSR count). The zero-order chi connectivity index (χ0) is 20.6. The summed E-state index contributed by atoms with van der Waals surface area (Å²) in [7, 11) is 4.65. The van der Waals surface area contributed by atoms with Crippen molar-refractivity contribution in [3.05, 3.63) is 54.5 Å². The zero-order valence-electron chi connectivity index (χ0n) is 16.4. The van der Waals surface area contributed by atoms with Crippen molar-refractivity contribution >= 4 is 17.5 Å². The summed E-state index contributed by atoms with van der Waals surface area (Å²) in [5.74, 6) is 2.46. The molecule has 1 atom stereocenters. The molecule has 0 amide bonds. The normalized spacial score (nSPS) is 11.4. The van der Waals surface area contributed by atoms with Crippen LogP contribution in [-0.2, 0) is 0 Å². The van der Waals surface area contributed by atoms with Gasteiger partial charge in [0.15, 0.2) is 11.5 Å². The lowest BCUT2D eigenvalue weighted by Gasteiger charge is -2.15. The van der Waals surface area contributed by atoms with Crippen LogP contribution in [0.5, 0.6) is 17.2 Å². The summed E-state index contributed by atoms with van der Waals surface area (Å²) < 4.78 is 16.0. The molecule has 3 aromatic rings. The molecule has 2 heterocycles. The first kappa shape index (κ1) is 20.2. The predicted octanol–water partition coefficient (Wildman–Crippen LogP) is 2.79. The van der Waals surface area contributed by atoms with Gasteiger partial charge in [0.25, 0.3) is 0 Å². The van der Waals surface area contributed by atoms with Gasteiger partial charge in [-0.2, -0.15) is 4.98 Å². The van der Waals surface area contributed by atoms with E-state index in [1.54, 1.807) is 64.1 Å². The molecule has 1 unspecified atom stereocenters. The van der Waals surface area contributed by atoms with Gasteiger partial charge in [-0.1, -0.05) is 6.07 Å². The van der Waals surface area contributed by atoms with Crippen LogP contribution in [0, 0.1) is 0 Å². The molecule has 0 saturated heterocycles. The van der Waals surface area contributed by atoms with Crippen LogP contribution in [0.4, 0.5) is 17.5 Å². The molecule has 29 heavy (non-hydrogen) atoms. The van der Waals surface area contributed by atoms with Crippen LogP contribution in [-0.4, -0.2) is 47.9 Å². The van der Waals surface area contributed by atoms with Gasteiger partial charge in [0, 0.05) is 36.8 Å². The standard InChI is InChI=1S/C20H23N5O4/c1-27-16-10-13(11-17(28-2)19(16)29-3)24-20-22-9-7-18(25-20)23-12-15(26)14-6-4-5-8-21-14/h4-11,15,26H,12H2,1-3H3,(H2,22,23,24,25). The average Bonchev–Trinajstić information content (AvgIpc) is 2.77. The number of anilines is 3. The lowest BCUT2D eigenvalue weighted by atomic mass is 10.2. The highest BCUT2D eigenvalue weighted by molar-refractivity contribution is 5.66. The SMILES string of the molecule is COc1cc(Nc2nccc(NCC(O)c3ccccn3)n2)cc(OC)c1OC. The molecular weight excluding hydrogens is 374 g/mol. The summed E-state index contributed by atoms with van der Waals surface area (Å²) in [6, 6.07) is 10.6. The fraction of sp³-hybridized carbons (Fsp3) is 0.250. The molecule has 1 aromatic carbocycles. The predicted molar refractivity (Wildman–Crippen MR) is 109 cm³/mol. The van der Waals surface area contributed by atoms with E-state index in [-0.39, 0.29) is 6.54 Å². The van der Waals surface area contributed by atoms with E-state index < -0.39 is 6.10 Å². The highest BCUT2D eigenvalue weighted by Gasteiger charge is 2.14. The van der Waals surface area contributed by atoms with Gasteiger partial charge < -0.3 is 30.0 Å². The number of rotatable bonds is 9. The summed E-state index contributed by atoms with van der Waals surface area (Å²) in [6.07, 6.45) is 2.50. The Labute approximate surface area is 168 Å². The van der Waals surface area contributed by atoms with Gasteiger partial charge in [-0.25, -0.2) is 4.98 Å². The first-order valence-corrected chi connectivity index (χ1v) is 8.87. The molecule has 0 fully saturated rings. The molecule has 0 radical (unpaired) electrons. The molecular formula is C20H23N5O4. The number of hydrogen-bond donors (Lipinski definition) is 3. The maximum Gasteiger partial charge on any atom is 0.229 e. The number of nitrogens with zero attached hydrogens (tertiary/aromatic N) is 3. The largest absolute Gasteiger partial charge is 0.493 e. The molecule has 0 aliphatic carbocycles. The molecule has 0 spiro atoms. The molecule has 0 aliphatic heterocycles. The number of hydrogen-bond acceptors (Lipinski definition) is 9. The van der Waals surface area contributed by atoms with Crippen molar-refractivity contribution in [2.75, 3.05) is 38.5 Å². The first-order chi connectivity index (χ1) is 14.1. The van der Waals surface area contributed by atoms with Crippen LogP contribution < -0.4 is 24.8 Å². The second kappa shape index (κ2) is 9.56. The smallest absolute Gasteiger partial charge is 0.229 e. The van der Waals surface area contributed by atoms with Crippen LogP contribution in [0.2, 0.25) is 0 Å². The Morgan fingerprint density at radius 3 is 2.34 bits per heavy atom. The van der Waals surface area contributed by atoms with Crippen LogP contribution >= 0.6 is 0 Å². The second-order valence-corrected chi connectivity index (χ2v) is 5.96. The third kappa shape index (κ3) is 5.02. The van der Waals surface area contributed by atoms with Crippen LogP contribution in [0.1, 0.15) is 11.8 Å². The average molecular weight is 397 g/mol. The van der Waals surface area contributed by atoms with Gasteiger partial charge >= 0.3 is 0 Å². The van der Waals surface area contributed by atoms with E-state index in [4.69, 9.17) is 14.2 Å². The van der Waals surface area contributed by atoms with E-state index in [0.717, 1.165) is 0 Å². The third-order valence-electron chi connectivity index (χ3n) is 4.08. The van der Waals surface area contributed by atoms with Crippen molar-refractivity contribution in [2.45, 2.75) is 6.10 Å². The molecule has 0 bridgehead atoms. The Kier molecular flexibility index (Phi) is 6.64. The Bertz CT molecular complexity index is 914. The van der Waals surface area contributed by atoms with E-state index >= 15 is 0 Å². The number of benzene rings is 1. The second-order valence-electron chi connectivity index (χ2n) is 5.96. The van der Waals surface area contributed by atoms with Crippen LogP contribution in [0.15, 0.2) is 48.8 Å². The van der Waals surface area contributed by atoms with Gasteiger partial charge in [-0.3, -0.25) is 4.98 Å². The molecule has 2 aromatic heterocycles. The van der Waals surface area contributed by atoms with Gasteiger partial charge in [0.1, 0.15) is 11.9 Å². The quantitative estimate of drug-likeness (QED) is 0.502. The van der Waals surface area contributed by atoms with Crippen LogP contribution in [0.3, 0.4) is 0 Å². The summed E-state index contributed by atoms with van der Waals surface area (Å²) in [5.41, 5.74) is 1.26. The number of aliphatic hydroxyl groups is 1. The van der Waals surface area contributed by atoms with Crippen molar-refractivity contribution in [1.29, 1.82) is 0 Å². The summed E-state index contributed by atoms with van der Waals surface area (Å²) in [6.45, 7) is 0.262. The lowest BCUT2D eigenvalue weighted by Crippen LogP contribution is -2.14. The highest BCUT2D eigenvalue weighted by atomic mass is 16.5. The third-order valence-corrected chi connectivity index (χ3v) is 4.08. The number of nitrogens with one attached hydrogen (secondary N) is 2. The maximum absolute atomic E-state index is 10.2. The number of pyridine rings is 1. The van der Waals surface area contributed by atoms with Gasteiger partial charge in [-0.15, -0.1) is 0 Å². The van der Waals surface area contributed by atoms with Gasteiger partial charge in [0.2, 0.25) is 11.7 Å². The van der Waals surface area contributed by atoms with Gasteiger partial charge in [0.05, 0.1) is 27.0 Å². The van der Waals surface area contributed by atoms with Crippen molar-refractivity contribution in [3.63, 3.8) is 0 Å². The topological polar surface area (TPSA) is 111 Å². The van der Waals surface area contributed by atoms with E-state index in [2.05, 4.69) is 25.6 Å². The highest BCUT2D eigenvalue weighted by Crippen LogP contribution is 2.40. The molecule has 9 nitrogen and oxygen atoms in total. The summed E-state index contributed by atoms with van der Waals surface area (Å²) in [4.78, 5) is 12.8. The minimum absolute atomic E-state index is 0.262. The Hall–Kier alpha value is -3.59. The number of aliphatic hydroxyl groups excluding tert-OH is 1. The monoisotopic (exact) mass is 397 g/mol. The zero-order valence-corrected chi connectivity index (χ0v) is 16.4. The van der Waals surface area contributed by atoms with E-state index in [1.165, 1.54) is 0 Å². The maximum atomic E-state index is 10.2. The Morgan fingerprint density at radius 2 is 1.72 bits per heavy atom. The Morgan fingerprint density at radius 1 is 0.966 bits per heavy atom. The fourth-order valence-corrected chi connectivity index (χ4v) is 2.68. The first-order valence-electron chi connectivity index (χ1n) is 8.87. The van der Waals surface area contributed by atoms with Crippen molar-refractivity contribution in [1.82, 2.24) is 15.0 Å². The molecule has 3 N–H and O–H groups in total. The van der Waals surface area contributed by atoms with Crippen molar-refractivity contribution in [2.24, 2.45) is 0 Å². The number of methoxy groups -OCH3 is 3. The molecule has 9 heteroatoms. The summed E-state index contributed by atoms with van der Waals surface area (Å²) in [5, 5.41) is 16.4. The Balaban J connectivity index is 1.71. The molecule has 0 aliphatic rings. The fourth-order valence-electron chi connectivity index (χ4n) is 2.68. The van der Waals surface area contributed by atoms with Crippen molar-refractivity contribution in [3.8, 4) is 17.2 Å². The number of aromatic nitrogens is 3. The van der Waals surface area contributed by atoms with Crippen LogP contribution in [0.25, 0.3) is 0 Å². The minimum atomic E-state index is -0.752. The number of ether oxygens (including phenoxy) is 3. The van der Waals surface area contributed by atoms with E-state index in [0.29, 0.717) is 40.4 Å².